The first-order valence-corrected chi connectivity index (χ1v) is 8.17. The van der Waals surface area contributed by atoms with Crippen molar-refractivity contribution in [3.8, 4) is 0 Å². The van der Waals surface area contributed by atoms with E-state index in [1.165, 1.54) is 19.3 Å². The van der Waals surface area contributed by atoms with Crippen LogP contribution >= 0.6 is 0 Å². The molecule has 1 fully saturated rings. The number of hydrogen-bond acceptors (Lipinski definition) is 4. The third kappa shape index (κ3) is 5.24. The van der Waals surface area contributed by atoms with Crippen molar-refractivity contribution in [2.24, 2.45) is 11.7 Å². The lowest BCUT2D eigenvalue weighted by atomic mass is 9.74. The van der Waals surface area contributed by atoms with Crippen molar-refractivity contribution in [2.45, 2.75) is 57.5 Å². The number of ether oxygens (including phenoxy) is 1. The molecule has 5 heteroatoms. The maximum absolute atomic E-state index is 12.1. The van der Waals surface area contributed by atoms with E-state index in [4.69, 9.17) is 10.5 Å². The fraction of sp³-hybridized carbons (Fsp3) is 0.938. The van der Waals surface area contributed by atoms with Crippen LogP contribution in [0.2, 0.25) is 0 Å². The van der Waals surface area contributed by atoms with Crippen molar-refractivity contribution in [2.75, 3.05) is 33.9 Å². The van der Waals surface area contributed by atoms with Crippen molar-refractivity contribution in [3.63, 3.8) is 0 Å². The molecule has 1 rings (SSSR count). The number of likely N-dealkylation sites (N-methyl/N-ethyl adjacent to an activating group) is 1. The molecule has 0 spiro atoms. The summed E-state index contributed by atoms with van der Waals surface area (Å²) in [6, 6.07) is 0.0422. The largest absolute Gasteiger partial charge is 0.383 e. The van der Waals surface area contributed by atoms with Gasteiger partial charge in [0.25, 0.3) is 0 Å². The number of hydrogen-bond donors (Lipinski definition) is 2. The molecule has 1 saturated carbocycles. The van der Waals surface area contributed by atoms with Gasteiger partial charge >= 0.3 is 0 Å². The lowest BCUT2D eigenvalue weighted by Gasteiger charge is -2.45. The van der Waals surface area contributed by atoms with E-state index in [-0.39, 0.29) is 17.5 Å². The highest BCUT2D eigenvalue weighted by Gasteiger charge is 2.37. The fourth-order valence-electron chi connectivity index (χ4n) is 3.36. The molecule has 0 aliphatic heterocycles. The Morgan fingerprint density at radius 2 is 2.10 bits per heavy atom. The summed E-state index contributed by atoms with van der Waals surface area (Å²) in [6.07, 6.45) is 5.89. The minimum absolute atomic E-state index is 0.00644. The maximum atomic E-state index is 12.1. The molecule has 5 nitrogen and oxygen atoms in total. The molecular formula is C16H33N3O2. The van der Waals surface area contributed by atoms with E-state index in [9.17, 15) is 4.79 Å². The zero-order chi connectivity index (χ0) is 15.9. The van der Waals surface area contributed by atoms with Gasteiger partial charge in [0.2, 0.25) is 5.91 Å². The van der Waals surface area contributed by atoms with Gasteiger partial charge in [-0.05, 0) is 45.6 Å². The first kappa shape index (κ1) is 18.4. The van der Waals surface area contributed by atoms with Crippen molar-refractivity contribution in [3.05, 3.63) is 0 Å². The Labute approximate surface area is 129 Å². The summed E-state index contributed by atoms with van der Waals surface area (Å²) < 4.78 is 5.04. The van der Waals surface area contributed by atoms with Crippen molar-refractivity contribution in [1.82, 2.24) is 10.2 Å². The summed E-state index contributed by atoms with van der Waals surface area (Å²) in [5, 5.41) is 2.97. The molecule has 1 atom stereocenters. The lowest BCUT2D eigenvalue weighted by molar-refractivity contribution is -0.124. The highest BCUT2D eigenvalue weighted by Crippen LogP contribution is 2.36. The van der Waals surface area contributed by atoms with Gasteiger partial charge < -0.3 is 15.8 Å². The van der Waals surface area contributed by atoms with Crippen LogP contribution in [0, 0.1) is 5.92 Å². The molecule has 0 aromatic heterocycles. The number of carbonyl (C=O) groups is 1. The summed E-state index contributed by atoms with van der Waals surface area (Å²) in [5.74, 6) is 0.876. The Balaban J connectivity index is 2.51. The Morgan fingerprint density at radius 1 is 1.48 bits per heavy atom. The SMILES string of the molecule is CCC1CCC(CN)(N(C)CC(=O)NC(C)COC)CC1. The molecule has 1 aliphatic carbocycles. The van der Waals surface area contributed by atoms with Gasteiger partial charge in [0.15, 0.2) is 0 Å². The molecule has 0 aromatic rings. The second-order valence-corrected chi connectivity index (χ2v) is 6.56. The third-order valence-corrected chi connectivity index (χ3v) is 5.01. The van der Waals surface area contributed by atoms with Crippen LogP contribution in [0.4, 0.5) is 0 Å². The summed E-state index contributed by atoms with van der Waals surface area (Å²) in [6.45, 7) is 5.78. The van der Waals surface area contributed by atoms with Gasteiger partial charge in [0, 0.05) is 25.2 Å². The van der Waals surface area contributed by atoms with Crippen LogP contribution in [0.15, 0.2) is 0 Å². The summed E-state index contributed by atoms with van der Waals surface area (Å²) in [5.41, 5.74) is 6.05. The Morgan fingerprint density at radius 3 is 2.57 bits per heavy atom. The van der Waals surface area contributed by atoms with Crippen LogP contribution in [0.25, 0.3) is 0 Å². The zero-order valence-corrected chi connectivity index (χ0v) is 14.2. The predicted octanol–water partition coefficient (Wildman–Crippen LogP) is 1.37. The second kappa shape index (κ2) is 8.71. The summed E-state index contributed by atoms with van der Waals surface area (Å²) >= 11 is 0. The monoisotopic (exact) mass is 299 g/mol. The average molecular weight is 299 g/mol. The number of nitrogens with one attached hydrogen (secondary N) is 1. The van der Waals surface area contributed by atoms with E-state index >= 15 is 0 Å². The van der Waals surface area contributed by atoms with Gasteiger partial charge in [-0.1, -0.05) is 13.3 Å². The Hall–Kier alpha value is -0.650. The van der Waals surface area contributed by atoms with Gasteiger partial charge in [-0.15, -0.1) is 0 Å². The van der Waals surface area contributed by atoms with Gasteiger partial charge in [0.1, 0.15) is 0 Å². The first-order chi connectivity index (χ1) is 9.97. The summed E-state index contributed by atoms with van der Waals surface area (Å²) in [7, 11) is 3.67. The molecule has 21 heavy (non-hydrogen) atoms. The van der Waals surface area contributed by atoms with E-state index < -0.39 is 0 Å². The molecule has 124 valence electrons. The molecule has 0 heterocycles. The van der Waals surface area contributed by atoms with E-state index in [1.807, 2.05) is 14.0 Å². The molecule has 0 saturated heterocycles. The molecule has 1 aliphatic rings. The molecule has 1 amide bonds. The Bertz CT molecular complexity index is 315. The standard InChI is InChI=1S/C16H33N3O2/c1-5-14-6-8-16(12-17,9-7-14)19(3)10-15(20)18-13(2)11-21-4/h13-14H,5-12,17H2,1-4H3,(H,18,20). The number of nitrogens with two attached hydrogens (primary N) is 1. The summed E-state index contributed by atoms with van der Waals surface area (Å²) in [4.78, 5) is 14.3. The van der Waals surface area contributed by atoms with Crippen LogP contribution in [0.3, 0.4) is 0 Å². The molecule has 0 bridgehead atoms. The minimum atomic E-state index is -0.00644. The van der Waals surface area contributed by atoms with Gasteiger partial charge in [-0.25, -0.2) is 0 Å². The van der Waals surface area contributed by atoms with Crippen LogP contribution in [0.5, 0.6) is 0 Å². The van der Waals surface area contributed by atoms with Crippen molar-refractivity contribution >= 4 is 5.91 Å². The maximum Gasteiger partial charge on any atom is 0.234 e. The number of methoxy groups -OCH3 is 1. The highest BCUT2D eigenvalue weighted by molar-refractivity contribution is 5.78. The van der Waals surface area contributed by atoms with Crippen LogP contribution in [-0.2, 0) is 9.53 Å². The molecule has 0 radical (unpaired) electrons. The number of rotatable bonds is 8. The average Bonchev–Trinajstić information content (AvgIpc) is 2.47. The Kier molecular flexibility index (Phi) is 7.63. The predicted molar refractivity (Wildman–Crippen MR) is 86.1 cm³/mol. The van der Waals surface area contributed by atoms with Crippen LogP contribution in [-0.4, -0.2) is 56.2 Å². The fourth-order valence-corrected chi connectivity index (χ4v) is 3.36. The van der Waals surface area contributed by atoms with Crippen molar-refractivity contribution < 1.29 is 9.53 Å². The van der Waals surface area contributed by atoms with Crippen LogP contribution in [0.1, 0.15) is 46.0 Å². The number of nitrogens with zero attached hydrogens (tertiary/aromatic N) is 1. The first-order valence-electron chi connectivity index (χ1n) is 8.17. The van der Waals surface area contributed by atoms with Gasteiger partial charge in [-0.2, -0.15) is 0 Å². The minimum Gasteiger partial charge on any atom is -0.383 e. The molecule has 0 aromatic carbocycles. The highest BCUT2D eigenvalue weighted by atomic mass is 16.5. The van der Waals surface area contributed by atoms with E-state index in [0.717, 1.165) is 18.8 Å². The van der Waals surface area contributed by atoms with E-state index in [2.05, 4.69) is 17.1 Å². The van der Waals surface area contributed by atoms with E-state index in [1.54, 1.807) is 7.11 Å². The number of carbonyl (C=O) groups excluding carboxylic acids is 1. The molecule has 1 unspecified atom stereocenters. The normalized spacial score (nSPS) is 27.6. The topological polar surface area (TPSA) is 67.6 Å². The lowest BCUT2D eigenvalue weighted by Crippen LogP contribution is -2.57. The van der Waals surface area contributed by atoms with Crippen LogP contribution < -0.4 is 11.1 Å². The smallest absolute Gasteiger partial charge is 0.234 e. The third-order valence-electron chi connectivity index (χ3n) is 5.01. The molecular weight excluding hydrogens is 266 g/mol. The second-order valence-electron chi connectivity index (χ2n) is 6.56. The quantitative estimate of drug-likeness (QED) is 0.710. The van der Waals surface area contributed by atoms with E-state index in [0.29, 0.717) is 19.7 Å². The number of amides is 1. The van der Waals surface area contributed by atoms with Gasteiger partial charge in [-0.3, -0.25) is 9.69 Å². The van der Waals surface area contributed by atoms with Crippen molar-refractivity contribution in [1.29, 1.82) is 0 Å². The van der Waals surface area contributed by atoms with Gasteiger partial charge in [0.05, 0.1) is 13.2 Å². The molecule has 3 N–H and O–H groups in total. The zero-order valence-electron chi connectivity index (χ0n) is 14.2.